The van der Waals surface area contributed by atoms with E-state index in [1.54, 1.807) is 12.1 Å². The van der Waals surface area contributed by atoms with Gasteiger partial charge in [0, 0.05) is 19.0 Å². The van der Waals surface area contributed by atoms with Gasteiger partial charge in [-0.2, -0.15) is 0 Å². The van der Waals surface area contributed by atoms with E-state index >= 15 is 0 Å². The summed E-state index contributed by atoms with van der Waals surface area (Å²) in [7, 11) is 3.02. The van der Waals surface area contributed by atoms with Gasteiger partial charge < -0.3 is 19.5 Å². The molecule has 0 atom stereocenters. The number of halogens is 2. The average molecular weight is 392 g/mol. The Bertz CT molecular complexity index is 762. The molecular weight excluding hydrogens is 377 g/mol. The molecule has 1 amide bonds. The molecule has 24 heavy (non-hydrogen) atoms. The van der Waals surface area contributed by atoms with Gasteiger partial charge in [-0.1, -0.05) is 23.2 Å². The molecule has 2 rings (SSSR count). The molecule has 2 aromatic rings. The van der Waals surface area contributed by atoms with Crippen LogP contribution in [0.2, 0.25) is 10.0 Å². The molecule has 1 aromatic heterocycles. The topological polar surface area (TPSA) is 73.9 Å². The number of hydrogen-bond donors (Lipinski definition) is 1. The first kappa shape index (κ1) is 18.8. The van der Waals surface area contributed by atoms with E-state index in [9.17, 15) is 9.59 Å². The Hall–Kier alpha value is -1.54. The van der Waals surface area contributed by atoms with Gasteiger partial charge in [-0.05, 0) is 12.1 Å². The summed E-state index contributed by atoms with van der Waals surface area (Å²) >= 11 is 13.6. The maximum absolute atomic E-state index is 12.2. The molecule has 0 radical (unpaired) electrons. The van der Waals surface area contributed by atoms with Crippen molar-refractivity contribution in [2.75, 3.05) is 34.0 Å². The number of thiophene rings is 1. The van der Waals surface area contributed by atoms with Crippen LogP contribution in [0.4, 0.5) is 0 Å². The normalized spacial score (nSPS) is 10.7. The summed E-state index contributed by atoms with van der Waals surface area (Å²) in [5.41, 5.74) is 0. The fourth-order valence-corrected chi connectivity index (χ4v) is 3.69. The molecule has 1 heterocycles. The van der Waals surface area contributed by atoms with Crippen LogP contribution in [0.3, 0.4) is 0 Å². The molecule has 0 saturated carbocycles. The number of benzene rings is 1. The van der Waals surface area contributed by atoms with Crippen molar-refractivity contribution in [2.45, 2.75) is 0 Å². The lowest BCUT2D eigenvalue weighted by atomic mass is 10.2. The van der Waals surface area contributed by atoms with Gasteiger partial charge in [0.1, 0.15) is 15.6 Å². The highest BCUT2D eigenvalue weighted by Gasteiger charge is 2.22. The number of rotatable bonds is 7. The highest BCUT2D eigenvalue weighted by atomic mass is 35.5. The third kappa shape index (κ3) is 4.10. The largest absolute Gasteiger partial charge is 0.495 e. The van der Waals surface area contributed by atoms with E-state index in [1.165, 1.54) is 14.2 Å². The zero-order chi connectivity index (χ0) is 17.7. The summed E-state index contributed by atoms with van der Waals surface area (Å²) in [6, 6.07) is 3.38. The Balaban J connectivity index is 2.11. The SMILES string of the molecule is COCCNC(=O)COC(=O)c1sc2c(Cl)c(OC)ccc2c1Cl. The maximum Gasteiger partial charge on any atom is 0.350 e. The predicted octanol–water partition coefficient (Wildman–Crippen LogP) is 3.14. The predicted molar refractivity (Wildman–Crippen MR) is 93.6 cm³/mol. The van der Waals surface area contributed by atoms with Crippen molar-refractivity contribution in [3.63, 3.8) is 0 Å². The van der Waals surface area contributed by atoms with Crippen LogP contribution in [0.25, 0.3) is 10.1 Å². The Kier molecular flexibility index (Phi) is 6.68. The van der Waals surface area contributed by atoms with Crippen LogP contribution in [0.15, 0.2) is 12.1 Å². The lowest BCUT2D eigenvalue weighted by Crippen LogP contribution is -2.31. The number of fused-ring (bicyclic) bond motifs is 1. The third-order valence-corrected chi connectivity index (χ3v) is 5.26. The van der Waals surface area contributed by atoms with Gasteiger partial charge in [0.15, 0.2) is 6.61 Å². The Morgan fingerprint density at radius 3 is 2.62 bits per heavy atom. The zero-order valence-electron chi connectivity index (χ0n) is 13.0. The minimum Gasteiger partial charge on any atom is -0.495 e. The fraction of sp³-hybridized carbons (Fsp3) is 0.333. The molecule has 0 unspecified atom stereocenters. The Morgan fingerprint density at radius 1 is 1.21 bits per heavy atom. The second kappa shape index (κ2) is 8.53. The number of carbonyl (C=O) groups excluding carboxylic acids is 2. The first-order valence-electron chi connectivity index (χ1n) is 6.86. The standard InChI is InChI=1S/C15H15Cl2NO5S/c1-21-6-5-18-10(19)7-23-15(20)14-11(16)8-3-4-9(22-2)12(17)13(8)24-14/h3-4H,5-7H2,1-2H3,(H,18,19). The van der Waals surface area contributed by atoms with E-state index in [0.29, 0.717) is 34.0 Å². The van der Waals surface area contributed by atoms with Crippen LogP contribution in [0.5, 0.6) is 5.75 Å². The van der Waals surface area contributed by atoms with E-state index in [-0.39, 0.29) is 9.90 Å². The molecule has 6 nitrogen and oxygen atoms in total. The van der Waals surface area contributed by atoms with Gasteiger partial charge >= 0.3 is 5.97 Å². The minimum absolute atomic E-state index is 0.187. The van der Waals surface area contributed by atoms with E-state index in [1.807, 2.05) is 0 Å². The number of methoxy groups -OCH3 is 2. The van der Waals surface area contributed by atoms with Gasteiger partial charge in [0.25, 0.3) is 5.91 Å². The third-order valence-electron chi connectivity index (χ3n) is 3.07. The summed E-state index contributed by atoms with van der Waals surface area (Å²) in [6.07, 6.45) is 0. The smallest absolute Gasteiger partial charge is 0.350 e. The van der Waals surface area contributed by atoms with Crippen molar-refractivity contribution >= 4 is 56.5 Å². The molecule has 130 valence electrons. The molecule has 0 aliphatic rings. The summed E-state index contributed by atoms with van der Waals surface area (Å²) in [5.74, 6) is -0.616. The van der Waals surface area contributed by atoms with Gasteiger partial charge in [0.05, 0.1) is 23.4 Å². The van der Waals surface area contributed by atoms with E-state index in [4.69, 9.17) is 37.4 Å². The summed E-state index contributed by atoms with van der Waals surface area (Å²) < 4.78 is 15.6. The van der Waals surface area contributed by atoms with Gasteiger partial charge in [-0.3, -0.25) is 4.79 Å². The quantitative estimate of drug-likeness (QED) is 0.579. The first-order valence-corrected chi connectivity index (χ1v) is 8.44. The van der Waals surface area contributed by atoms with Crippen molar-refractivity contribution in [1.82, 2.24) is 5.32 Å². The molecule has 0 saturated heterocycles. The second-order valence-corrected chi connectivity index (χ2v) is 6.40. The van der Waals surface area contributed by atoms with E-state index in [2.05, 4.69) is 5.32 Å². The Labute approximate surface area is 152 Å². The lowest BCUT2D eigenvalue weighted by Gasteiger charge is -2.05. The number of nitrogens with one attached hydrogen (secondary N) is 1. The van der Waals surface area contributed by atoms with Gasteiger partial charge in [-0.25, -0.2) is 4.79 Å². The molecular formula is C15H15Cl2NO5S. The van der Waals surface area contributed by atoms with Crippen LogP contribution >= 0.6 is 34.5 Å². The Morgan fingerprint density at radius 2 is 1.96 bits per heavy atom. The second-order valence-electron chi connectivity index (χ2n) is 4.62. The molecule has 0 fully saturated rings. The molecule has 0 aliphatic carbocycles. The first-order chi connectivity index (χ1) is 11.5. The summed E-state index contributed by atoms with van der Waals surface area (Å²) in [5, 5.41) is 3.79. The highest BCUT2D eigenvalue weighted by molar-refractivity contribution is 7.22. The molecule has 0 aliphatic heterocycles. The number of carbonyl (C=O) groups is 2. The van der Waals surface area contributed by atoms with E-state index in [0.717, 1.165) is 11.3 Å². The van der Waals surface area contributed by atoms with Crippen molar-refractivity contribution in [3.05, 3.63) is 27.1 Å². The van der Waals surface area contributed by atoms with Crippen molar-refractivity contribution in [3.8, 4) is 5.75 Å². The van der Waals surface area contributed by atoms with Crippen LogP contribution in [-0.2, 0) is 14.3 Å². The summed E-state index contributed by atoms with van der Waals surface area (Å²) in [4.78, 5) is 23.9. The monoisotopic (exact) mass is 391 g/mol. The lowest BCUT2D eigenvalue weighted by molar-refractivity contribution is -0.124. The highest BCUT2D eigenvalue weighted by Crippen LogP contribution is 2.43. The number of amides is 1. The van der Waals surface area contributed by atoms with Crippen LogP contribution in [0, 0.1) is 0 Å². The van der Waals surface area contributed by atoms with Crippen molar-refractivity contribution in [1.29, 1.82) is 0 Å². The number of ether oxygens (including phenoxy) is 3. The molecule has 1 N–H and O–H groups in total. The number of hydrogen-bond acceptors (Lipinski definition) is 6. The average Bonchev–Trinajstić information content (AvgIpc) is 2.91. The van der Waals surface area contributed by atoms with E-state index < -0.39 is 18.5 Å². The molecule has 0 spiro atoms. The zero-order valence-corrected chi connectivity index (χ0v) is 15.3. The van der Waals surface area contributed by atoms with Gasteiger partial charge in [0.2, 0.25) is 0 Å². The van der Waals surface area contributed by atoms with Crippen LogP contribution in [0.1, 0.15) is 9.67 Å². The molecule has 0 bridgehead atoms. The molecule has 1 aromatic carbocycles. The van der Waals surface area contributed by atoms with Crippen LogP contribution in [-0.4, -0.2) is 45.9 Å². The fourth-order valence-electron chi connectivity index (χ4n) is 1.91. The maximum atomic E-state index is 12.2. The van der Waals surface area contributed by atoms with Crippen molar-refractivity contribution < 1.29 is 23.8 Å². The van der Waals surface area contributed by atoms with Gasteiger partial charge in [-0.15, -0.1) is 11.3 Å². The summed E-state index contributed by atoms with van der Waals surface area (Å²) in [6.45, 7) is 0.318. The number of esters is 1. The van der Waals surface area contributed by atoms with Crippen molar-refractivity contribution in [2.24, 2.45) is 0 Å². The van der Waals surface area contributed by atoms with Crippen LogP contribution < -0.4 is 10.1 Å². The minimum atomic E-state index is -0.682. The molecule has 9 heteroatoms.